The van der Waals surface area contributed by atoms with Crippen LogP contribution in [-0.4, -0.2) is 45.9 Å². The van der Waals surface area contributed by atoms with Crippen molar-refractivity contribution in [3.05, 3.63) is 53.2 Å². The summed E-state index contributed by atoms with van der Waals surface area (Å²) in [4.78, 5) is 17.0. The highest BCUT2D eigenvalue weighted by molar-refractivity contribution is 7.94. The van der Waals surface area contributed by atoms with Crippen LogP contribution in [0.2, 0.25) is 5.02 Å². The highest BCUT2D eigenvalue weighted by atomic mass is 35.5. The SMILES string of the molecule is C[C@]1(c2cc(Nc3ncnc4cc(Cl)cnc34)ccc2F)N=C(N)[C@@]2(CF)CCC1S2(=O)=O. The second kappa shape index (κ2) is 7.29. The third kappa shape index (κ3) is 3.02. The number of alkyl halides is 1. The first-order valence-electron chi connectivity index (χ1n) is 10.1. The fourth-order valence-corrected chi connectivity index (χ4v) is 7.60. The molecule has 2 aromatic heterocycles. The van der Waals surface area contributed by atoms with Gasteiger partial charge in [0.1, 0.15) is 35.7 Å². The van der Waals surface area contributed by atoms with Crippen molar-refractivity contribution < 1.29 is 17.2 Å². The van der Waals surface area contributed by atoms with Gasteiger partial charge in [-0.1, -0.05) is 11.6 Å². The molecule has 1 fully saturated rings. The summed E-state index contributed by atoms with van der Waals surface area (Å²) in [6.07, 6.45) is 2.94. The summed E-state index contributed by atoms with van der Waals surface area (Å²) in [7, 11) is -4.03. The molecule has 8 nitrogen and oxygen atoms in total. The molecule has 0 amide bonds. The number of halogens is 3. The summed E-state index contributed by atoms with van der Waals surface area (Å²) in [5.74, 6) is -0.607. The molecule has 3 N–H and O–H groups in total. The molecule has 33 heavy (non-hydrogen) atoms. The third-order valence-corrected chi connectivity index (χ3v) is 9.87. The first-order valence-corrected chi connectivity index (χ1v) is 12.0. The van der Waals surface area contributed by atoms with Gasteiger partial charge in [0.25, 0.3) is 0 Å². The predicted molar refractivity (Wildman–Crippen MR) is 122 cm³/mol. The van der Waals surface area contributed by atoms with Crippen LogP contribution in [0.1, 0.15) is 25.3 Å². The molecule has 1 saturated heterocycles. The van der Waals surface area contributed by atoms with Crippen molar-refractivity contribution in [3.8, 4) is 0 Å². The van der Waals surface area contributed by atoms with Gasteiger partial charge in [-0.05, 0) is 44.0 Å². The molecular formula is C21H19ClF2N6O2S. The summed E-state index contributed by atoms with van der Waals surface area (Å²) in [5.41, 5.74) is 5.90. The molecule has 3 atom stereocenters. The van der Waals surface area contributed by atoms with Crippen LogP contribution in [0.25, 0.3) is 11.0 Å². The Morgan fingerprint density at radius 3 is 2.82 bits per heavy atom. The van der Waals surface area contributed by atoms with Gasteiger partial charge in [0.2, 0.25) is 0 Å². The second-order valence-corrected chi connectivity index (χ2v) is 11.3. The molecule has 4 heterocycles. The van der Waals surface area contributed by atoms with Crippen molar-refractivity contribution in [2.75, 3.05) is 12.0 Å². The number of benzene rings is 1. The molecule has 12 heteroatoms. The van der Waals surface area contributed by atoms with Gasteiger partial charge < -0.3 is 11.1 Å². The molecule has 5 rings (SSSR count). The van der Waals surface area contributed by atoms with E-state index in [9.17, 15) is 12.8 Å². The number of pyridine rings is 1. The molecular weight excluding hydrogens is 474 g/mol. The Morgan fingerprint density at radius 1 is 1.27 bits per heavy atom. The minimum Gasteiger partial charge on any atom is -0.386 e. The van der Waals surface area contributed by atoms with E-state index in [-0.39, 0.29) is 24.2 Å². The number of hydrogen-bond acceptors (Lipinski definition) is 8. The van der Waals surface area contributed by atoms with E-state index in [1.807, 2.05) is 0 Å². The quantitative estimate of drug-likeness (QED) is 0.571. The van der Waals surface area contributed by atoms with Gasteiger partial charge in [-0.2, -0.15) is 0 Å². The van der Waals surface area contributed by atoms with E-state index >= 15 is 4.39 Å². The number of anilines is 2. The molecule has 0 aliphatic carbocycles. The van der Waals surface area contributed by atoms with Gasteiger partial charge in [-0.3, -0.25) is 4.99 Å². The Balaban J connectivity index is 1.61. The number of rotatable bonds is 4. The van der Waals surface area contributed by atoms with E-state index in [1.165, 1.54) is 37.6 Å². The summed E-state index contributed by atoms with van der Waals surface area (Å²) >= 11 is 5.98. The van der Waals surface area contributed by atoms with Crippen molar-refractivity contribution in [2.24, 2.45) is 10.7 Å². The molecule has 3 aromatic rings. The normalized spacial score (nSPS) is 28.0. The molecule has 2 bridgehead atoms. The highest BCUT2D eigenvalue weighted by Gasteiger charge is 2.65. The van der Waals surface area contributed by atoms with Crippen LogP contribution in [0, 0.1) is 5.82 Å². The fourth-order valence-electron chi connectivity index (χ4n) is 4.80. The van der Waals surface area contributed by atoms with Gasteiger partial charge in [-0.25, -0.2) is 32.2 Å². The van der Waals surface area contributed by atoms with Crippen molar-refractivity contribution in [1.82, 2.24) is 15.0 Å². The molecule has 172 valence electrons. The van der Waals surface area contributed by atoms with Gasteiger partial charge in [-0.15, -0.1) is 0 Å². The molecule has 1 aromatic carbocycles. The van der Waals surface area contributed by atoms with E-state index in [0.717, 1.165) is 0 Å². The van der Waals surface area contributed by atoms with Crippen LogP contribution in [0.4, 0.5) is 20.3 Å². The second-order valence-electron chi connectivity index (χ2n) is 8.41. The Bertz CT molecular complexity index is 1440. The maximum atomic E-state index is 15.1. The minimum atomic E-state index is -4.03. The number of aromatic nitrogens is 3. The topological polar surface area (TPSA) is 123 Å². The largest absolute Gasteiger partial charge is 0.386 e. The van der Waals surface area contributed by atoms with Crippen LogP contribution in [0.3, 0.4) is 0 Å². The number of nitrogens with zero attached hydrogens (tertiary/aromatic N) is 4. The molecule has 0 radical (unpaired) electrons. The van der Waals surface area contributed by atoms with Crippen molar-refractivity contribution in [1.29, 1.82) is 0 Å². The average molecular weight is 493 g/mol. The maximum Gasteiger partial charge on any atom is 0.171 e. The zero-order chi connectivity index (χ0) is 23.6. The van der Waals surface area contributed by atoms with Gasteiger partial charge in [0, 0.05) is 17.4 Å². The Hall–Kier alpha value is -2.92. The van der Waals surface area contributed by atoms with Crippen LogP contribution in [0.5, 0.6) is 0 Å². The van der Waals surface area contributed by atoms with E-state index in [1.54, 1.807) is 6.07 Å². The van der Waals surface area contributed by atoms with Crippen molar-refractivity contribution >= 4 is 49.8 Å². The van der Waals surface area contributed by atoms with Crippen molar-refractivity contribution in [3.63, 3.8) is 0 Å². The summed E-state index contributed by atoms with van der Waals surface area (Å²) in [5, 5.41) is 2.39. The monoisotopic (exact) mass is 492 g/mol. The number of aliphatic imine (C=N–C) groups is 1. The lowest BCUT2D eigenvalue weighted by atomic mass is 9.86. The molecule has 2 aliphatic heterocycles. The molecule has 0 saturated carbocycles. The number of nitrogens with one attached hydrogen (secondary N) is 1. The number of amidine groups is 1. The molecule has 2 aliphatic rings. The Morgan fingerprint density at radius 2 is 2.06 bits per heavy atom. The standard InChI is InChI=1S/C21H19ClF2N6O2S/c1-20(16-4-5-21(9-23,19(25)30-20)33(16,31)32)13-7-12(2-3-14(13)24)29-18-17-15(27-10-28-18)6-11(22)8-26-17/h2-3,6-8,10,16H,4-5,9H2,1H3,(H2,25,30)(H,27,28,29)/t16?,20-,21+/m1/s1. The highest BCUT2D eigenvalue weighted by Crippen LogP contribution is 2.52. The smallest absolute Gasteiger partial charge is 0.171 e. The lowest BCUT2D eigenvalue weighted by Gasteiger charge is -2.39. The van der Waals surface area contributed by atoms with E-state index < -0.39 is 37.9 Å². The molecule has 1 unspecified atom stereocenters. The molecule has 0 spiro atoms. The predicted octanol–water partition coefficient (Wildman–Crippen LogP) is 3.43. The van der Waals surface area contributed by atoms with Crippen LogP contribution >= 0.6 is 11.6 Å². The van der Waals surface area contributed by atoms with Gasteiger partial charge in [0.05, 0.1) is 15.8 Å². The minimum absolute atomic E-state index is 0.0160. The average Bonchev–Trinajstić information content (AvgIpc) is 2.98. The number of hydrogen-bond donors (Lipinski definition) is 2. The Labute approximate surface area is 193 Å². The van der Waals surface area contributed by atoms with Crippen molar-refractivity contribution in [2.45, 2.75) is 35.3 Å². The zero-order valence-corrected chi connectivity index (χ0v) is 19.0. The van der Waals surface area contributed by atoms with Crippen LogP contribution < -0.4 is 11.1 Å². The van der Waals surface area contributed by atoms with Gasteiger partial charge >= 0.3 is 0 Å². The van der Waals surface area contributed by atoms with Gasteiger partial charge in [0.15, 0.2) is 20.4 Å². The summed E-state index contributed by atoms with van der Waals surface area (Å²) < 4.78 is 53.5. The lowest BCUT2D eigenvalue weighted by Crippen LogP contribution is -2.58. The number of sulfone groups is 1. The van der Waals surface area contributed by atoms with Crippen LogP contribution in [0.15, 0.2) is 41.8 Å². The lowest BCUT2D eigenvalue weighted by molar-refractivity contribution is 0.415. The van der Waals surface area contributed by atoms with E-state index in [4.69, 9.17) is 17.3 Å². The van der Waals surface area contributed by atoms with E-state index in [0.29, 0.717) is 27.6 Å². The first kappa shape index (κ1) is 21.9. The maximum absolute atomic E-state index is 15.1. The summed E-state index contributed by atoms with van der Waals surface area (Å²) in [6.45, 7) is 0.362. The van der Waals surface area contributed by atoms with E-state index in [2.05, 4.69) is 25.3 Å². The summed E-state index contributed by atoms with van der Waals surface area (Å²) in [6, 6.07) is 5.79. The number of nitrogens with two attached hydrogens (primary N) is 1. The fraction of sp³-hybridized carbons (Fsp3) is 0.333. The third-order valence-electron chi connectivity index (χ3n) is 6.61. The first-order chi connectivity index (χ1) is 15.6. The Kier molecular flexibility index (Phi) is 4.84. The van der Waals surface area contributed by atoms with Crippen LogP contribution in [-0.2, 0) is 15.4 Å². The number of fused-ring (bicyclic) bond motifs is 3. The zero-order valence-electron chi connectivity index (χ0n) is 17.4.